The van der Waals surface area contributed by atoms with Gasteiger partial charge in [-0.15, -0.1) is 0 Å². The number of urea groups is 1. The topological polar surface area (TPSA) is 132 Å². The normalized spacial score (nSPS) is 10.8. The number of carbonyl (C=O) groups is 1. The van der Waals surface area contributed by atoms with Crippen LogP contribution >= 0.6 is 8.18 Å². The molecule has 0 saturated carbocycles. The third-order valence-electron chi connectivity index (χ3n) is 0. The van der Waals surface area contributed by atoms with Gasteiger partial charge in [0.2, 0.25) is 0 Å². The summed E-state index contributed by atoms with van der Waals surface area (Å²) in [5, 5.41) is 0. The summed E-state index contributed by atoms with van der Waals surface area (Å²) in [6, 6.07) is -0.833. The molecule has 8 heavy (non-hydrogen) atoms. The largest absolute Gasteiger partial charge is 0.352 e. The summed E-state index contributed by atoms with van der Waals surface area (Å²) in [7, 11) is -2.63. The smallest absolute Gasteiger partial charge is 0.309 e. The number of nitrogens with two attached hydrogens (primary N) is 3. The molecule has 0 radical (unpaired) electrons. The molecule has 1 unspecified atom stereocenters. The van der Waals surface area contributed by atoms with Crippen molar-refractivity contribution in [2.75, 3.05) is 0 Å². The summed E-state index contributed by atoms with van der Waals surface area (Å²) < 4.78 is 8.96. The van der Waals surface area contributed by atoms with Crippen molar-refractivity contribution in [3.8, 4) is 0 Å². The van der Waals surface area contributed by atoms with Crippen LogP contribution in [0.15, 0.2) is 0 Å². The Morgan fingerprint density at radius 2 is 1.50 bits per heavy atom. The first-order valence-electron chi connectivity index (χ1n) is 1.50. The molecule has 50 valence electrons. The van der Waals surface area contributed by atoms with E-state index in [4.69, 9.17) is 14.3 Å². The number of rotatable bonds is 0. The lowest BCUT2D eigenvalue weighted by Crippen LogP contribution is -2.18. The molecule has 7 heteroatoms. The highest BCUT2D eigenvalue weighted by Crippen LogP contribution is 1.91. The maximum Gasteiger partial charge on any atom is 0.309 e. The van der Waals surface area contributed by atoms with Crippen molar-refractivity contribution >= 4 is 14.2 Å². The Kier molecular flexibility index (Phi) is 8.35. The molecule has 0 heterocycles. The molecule has 0 aliphatic rings. The molecule has 0 spiro atoms. The van der Waals surface area contributed by atoms with Crippen LogP contribution < -0.4 is 17.0 Å². The van der Waals surface area contributed by atoms with Crippen LogP contribution in [-0.2, 0) is 4.57 Å². The molecule has 1 atom stereocenters. The van der Waals surface area contributed by atoms with E-state index in [0.717, 1.165) is 0 Å². The summed E-state index contributed by atoms with van der Waals surface area (Å²) in [6.45, 7) is 0. The predicted octanol–water partition coefficient (Wildman–Crippen LogP) is -1.65. The van der Waals surface area contributed by atoms with E-state index in [-0.39, 0.29) is 0 Å². The van der Waals surface area contributed by atoms with Gasteiger partial charge in [0, 0.05) is 0 Å². The Morgan fingerprint density at radius 3 is 1.50 bits per heavy atom. The lowest BCUT2D eigenvalue weighted by Gasteiger charge is -1.63. The summed E-state index contributed by atoms with van der Waals surface area (Å²) in [5.74, 6) is 0. The van der Waals surface area contributed by atoms with Gasteiger partial charge in [0.05, 0.1) is 0 Å². The molecule has 0 fully saturated rings. The van der Waals surface area contributed by atoms with E-state index in [9.17, 15) is 0 Å². The van der Waals surface area contributed by atoms with E-state index >= 15 is 0 Å². The number of hydrogen-bond acceptors (Lipinski definition) is 2. The third kappa shape index (κ3) is 315. The van der Waals surface area contributed by atoms with Gasteiger partial charge in [0.1, 0.15) is 0 Å². The second-order valence-corrected chi connectivity index (χ2v) is 1.42. The van der Waals surface area contributed by atoms with Gasteiger partial charge in [-0.2, -0.15) is 0 Å². The lowest BCUT2D eigenvalue weighted by atomic mass is 11.2. The molecule has 0 aromatic carbocycles. The maximum atomic E-state index is 9.00. The van der Waals surface area contributed by atoms with Gasteiger partial charge in [-0.05, 0) is 0 Å². The summed E-state index contributed by atoms with van der Waals surface area (Å²) in [5.41, 5.74) is 12.7. The number of amides is 2. The fourth-order valence-corrected chi connectivity index (χ4v) is 0. The van der Waals surface area contributed by atoms with Crippen molar-refractivity contribution in [2.45, 2.75) is 0 Å². The molecule has 0 aromatic rings. The molecule has 0 aliphatic heterocycles. The van der Waals surface area contributed by atoms with Crippen molar-refractivity contribution in [3.63, 3.8) is 0 Å². The van der Waals surface area contributed by atoms with Crippen LogP contribution in [-0.4, -0.2) is 10.9 Å². The van der Waals surface area contributed by atoms with Gasteiger partial charge in [-0.3, -0.25) is 10.1 Å². The van der Waals surface area contributed by atoms with Crippen molar-refractivity contribution in [1.82, 2.24) is 0 Å². The van der Waals surface area contributed by atoms with E-state index in [1.54, 1.807) is 0 Å². The van der Waals surface area contributed by atoms with Crippen LogP contribution in [0.5, 0.6) is 0 Å². The van der Waals surface area contributed by atoms with E-state index < -0.39 is 14.2 Å². The molecule has 0 rings (SSSR count). The summed E-state index contributed by atoms with van der Waals surface area (Å²) in [4.78, 5) is 16.4. The Balaban J connectivity index is 0. The molecule has 6 nitrogen and oxygen atoms in total. The highest BCUT2D eigenvalue weighted by atomic mass is 31.1. The Bertz CT molecular complexity index is 72.5. The van der Waals surface area contributed by atoms with Gasteiger partial charge in [-0.25, -0.2) is 4.79 Å². The number of carbonyl (C=O) groups excluding carboxylic acids is 1. The van der Waals surface area contributed by atoms with Crippen LogP contribution in [0.1, 0.15) is 0 Å². The number of primary amides is 2. The molecule has 7 N–H and O–H groups in total. The van der Waals surface area contributed by atoms with Crippen molar-refractivity contribution in [3.05, 3.63) is 0 Å². The molecular formula is CH8N3O3P. The van der Waals surface area contributed by atoms with E-state index in [1.165, 1.54) is 0 Å². The molecule has 2 amide bonds. The first kappa shape index (κ1) is 10.4. The lowest BCUT2D eigenvalue weighted by molar-refractivity contribution is 0.256. The average molecular weight is 141 g/mol. The van der Waals surface area contributed by atoms with Gasteiger partial charge < -0.3 is 16.4 Å². The molecule has 0 aromatic heterocycles. The van der Waals surface area contributed by atoms with Crippen LogP contribution in [0.4, 0.5) is 4.79 Å². The zero-order valence-electron chi connectivity index (χ0n) is 4.00. The van der Waals surface area contributed by atoms with Crippen molar-refractivity contribution in [2.24, 2.45) is 17.0 Å². The molecule has 0 aliphatic carbocycles. The average Bonchev–Trinajstić information content (AvgIpc) is 1.25. The molecule has 0 saturated heterocycles. The monoisotopic (exact) mass is 141 g/mol. The minimum Gasteiger partial charge on any atom is -0.352 e. The van der Waals surface area contributed by atoms with E-state index in [0.29, 0.717) is 0 Å². The minimum atomic E-state index is -2.63. The van der Waals surface area contributed by atoms with Gasteiger partial charge in [0.15, 0.2) is 0 Å². The first-order chi connectivity index (χ1) is 3.46. The summed E-state index contributed by atoms with van der Waals surface area (Å²) >= 11 is 0. The third-order valence-corrected chi connectivity index (χ3v) is 0. The highest BCUT2D eigenvalue weighted by Gasteiger charge is 1.60. The van der Waals surface area contributed by atoms with Gasteiger partial charge in [0.25, 0.3) is 8.18 Å². The zero-order valence-corrected chi connectivity index (χ0v) is 5.00. The van der Waals surface area contributed by atoms with Crippen LogP contribution in [0.2, 0.25) is 0 Å². The quantitative estimate of drug-likeness (QED) is 0.301. The van der Waals surface area contributed by atoms with E-state index in [2.05, 4.69) is 17.0 Å². The molecule has 0 bridgehead atoms. The fourth-order valence-electron chi connectivity index (χ4n) is 0. The Hall–Kier alpha value is -0.580. The van der Waals surface area contributed by atoms with Crippen molar-refractivity contribution in [1.29, 1.82) is 0 Å². The summed E-state index contributed by atoms with van der Waals surface area (Å²) in [6.07, 6.45) is 0. The minimum absolute atomic E-state index is 0.833. The second kappa shape index (κ2) is 6.42. The molecular weight excluding hydrogens is 133 g/mol. The Labute approximate surface area is 46.6 Å². The van der Waals surface area contributed by atoms with Gasteiger partial charge >= 0.3 is 6.03 Å². The van der Waals surface area contributed by atoms with Crippen molar-refractivity contribution < 1.29 is 14.3 Å². The van der Waals surface area contributed by atoms with Gasteiger partial charge in [-0.1, -0.05) is 0 Å². The maximum absolute atomic E-state index is 9.00. The first-order valence-corrected chi connectivity index (χ1v) is 2.93. The van der Waals surface area contributed by atoms with E-state index in [1.807, 2.05) is 0 Å². The SMILES string of the molecule is NC(N)=O.N[PH](=O)O. The Morgan fingerprint density at radius 1 is 1.50 bits per heavy atom. The van der Waals surface area contributed by atoms with Crippen LogP contribution in [0.25, 0.3) is 0 Å². The predicted molar refractivity (Wildman–Crippen MR) is 29.2 cm³/mol. The van der Waals surface area contributed by atoms with Crippen LogP contribution in [0.3, 0.4) is 0 Å². The van der Waals surface area contributed by atoms with Crippen LogP contribution in [0, 0.1) is 0 Å². The second-order valence-electron chi connectivity index (χ2n) is 0.741. The fraction of sp³-hybridized carbons (Fsp3) is 0. The highest BCUT2D eigenvalue weighted by molar-refractivity contribution is 7.35. The number of hydrogen-bond donors (Lipinski definition) is 4. The zero-order chi connectivity index (χ0) is 7.15. The standard InChI is InChI=1S/CH4N2O.H4NO2P/c2-1(3)4;1-4(2)3/h(H4,2,3,4);4H,(H3,1,2,3).